The van der Waals surface area contributed by atoms with Crippen molar-refractivity contribution in [3.63, 3.8) is 0 Å². The lowest BCUT2D eigenvalue weighted by Gasteiger charge is -2.09. The van der Waals surface area contributed by atoms with Gasteiger partial charge in [0.25, 0.3) is 0 Å². The fourth-order valence-corrected chi connectivity index (χ4v) is 1.70. The summed E-state index contributed by atoms with van der Waals surface area (Å²) in [4.78, 5) is 11.7. The van der Waals surface area contributed by atoms with E-state index in [0.717, 1.165) is 5.75 Å². The molecule has 0 aliphatic heterocycles. The Bertz CT molecular complexity index is 573. The zero-order chi connectivity index (χ0) is 14.9. The van der Waals surface area contributed by atoms with Gasteiger partial charge in [0.2, 0.25) is 5.91 Å². The van der Waals surface area contributed by atoms with Crippen molar-refractivity contribution in [2.75, 3.05) is 30.9 Å². The Kier molecular flexibility index (Phi) is 5.60. The van der Waals surface area contributed by atoms with Crippen LogP contribution in [0.25, 0.3) is 0 Å². The van der Waals surface area contributed by atoms with E-state index in [1.54, 1.807) is 18.2 Å². The summed E-state index contributed by atoms with van der Waals surface area (Å²) in [5, 5.41) is 2.69. The second-order valence-electron chi connectivity index (χ2n) is 4.35. The van der Waals surface area contributed by atoms with Crippen LogP contribution in [0.1, 0.15) is 0 Å². The molecule has 0 fully saturated rings. The van der Waals surface area contributed by atoms with Gasteiger partial charge in [-0.15, -0.1) is 0 Å². The van der Waals surface area contributed by atoms with Crippen molar-refractivity contribution in [3.8, 4) is 5.75 Å². The van der Waals surface area contributed by atoms with Gasteiger partial charge in [-0.25, -0.2) is 0 Å². The van der Waals surface area contributed by atoms with Crippen molar-refractivity contribution in [1.82, 2.24) is 0 Å². The van der Waals surface area contributed by atoms with Crippen molar-refractivity contribution in [1.29, 1.82) is 0 Å². The van der Waals surface area contributed by atoms with Crippen molar-refractivity contribution in [3.05, 3.63) is 54.6 Å². The molecule has 0 aromatic heterocycles. The van der Waals surface area contributed by atoms with E-state index in [2.05, 4.69) is 5.32 Å². The van der Waals surface area contributed by atoms with Crippen molar-refractivity contribution in [2.45, 2.75) is 0 Å². The maximum atomic E-state index is 11.7. The van der Waals surface area contributed by atoms with Crippen LogP contribution in [-0.2, 0) is 9.53 Å². The first kappa shape index (κ1) is 14.9. The third-order valence-electron chi connectivity index (χ3n) is 2.71. The average molecular weight is 286 g/mol. The van der Waals surface area contributed by atoms with E-state index in [0.29, 0.717) is 24.6 Å². The number of nitrogen functional groups attached to an aromatic ring is 1. The van der Waals surface area contributed by atoms with Gasteiger partial charge in [0.1, 0.15) is 19.0 Å². The first-order chi connectivity index (χ1) is 10.3. The third-order valence-corrected chi connectivity index (χ3v) is 2.71. The van der Waals surface area contributed by atoms with Gasteiger partial charge in [-0.1, -0.05) is 30.3 Å². The molecule has 0 unspecified atom stereocenters. The van der Waals surface area contributed by atoms with Gasteiger partial charge in [-0.3, -0.25) is 4.79 Å². The second kappa shape index (κ2) is 7.91. The van der Waals surface area contributed by atoms with Crippen LogP contribution in [0, 0.1) is 0 Å². The van der Waals surface area contributed by atoms with Crippen LogP contribution in [0.3, 0.4) is 0 Å². The molecule has 0 bridgehead atoms. The SMILES string of the molecule is Nc1ccccc1NC(=O)COCCOc1ccccc1. The lowest BCUT2D eigenvalue weighted by molar-refractivity contribution is -0.120. The first-order valence-electron chi connectivity index (χ1n) is 6.65. The Morgan fingerprint density at radius 3 is 2.48 bits per heavy atom. The number of carbonyl (C=O) groups is 1. The number of hydrogen-bond donors (Lipinski definition) is 2. The van der Waals surface area contributed by atoms with Crippen LogP contribution in [0.4, 0.5) is 11.4 Å². The molecule has 0 aliphatic carbocycles. The molecule has 0 saturated heterocycles. The zero-order valence-electron chi connectivity index (χ0n) is 11.6. The number of anilines is 2. The number of amides is 1. The van der Waals surface area contributed by atoms with E-state index in [9.17, 15) is 4.79 Å². The summed E-state index contributed by atoms with van der Waals surface area (Å²) in [6, 6.07) is 16.5. The highest BCUT2D eigenvalue weighted by molar-refractivity contribution is 5.94. The predicted molar refractivity (Wildman–Crippen MR) is 82.2 cm³/mol. The lowest BCUT2D eigenvalue weighted by atomic mass is 10.3. The van der Waals surface area contributed by atoms with Crippen LogP contribution in [-0.4, -0.2) is 25.7 Å². The summed E-state index contributed by atoms with van der Waals surface area (Å²) in [5.74, 6) is 0.537. The highest BCUT2D eigenvalue weighted by Crippen LogP contribution is 2.16. The van der Waals surface area contributed by atoms with Crippen LogP contribution in [0.2, 0.25) is 0 Å². The normalized spacial score (nSPS) is 10.1. The number of para-hydroxylation sites is 3. The Balaban J connectivity index is 1.63. The molecule has 5 heteroatoms. The molecule has 21 heavy (non-hydrogen) atoms. The summed E-state index contributed by atoms with van der Waals surface area (Å²) in [6.07, 6.45) is 0. The number of nitrogens with one attached hydrogen (secondary N) is 1. The van der Waals surface area contributed by atoms with Gasteiger partial charge in [0.05, 0.1) is 18.0 Å². The number of rotatable bonds is 7. The molecule has 2 aromatic carbocycles. The molecule has 0 saturated carbocycles. The Morgan fingerprint density at radius 1 is 1.00 bits per heavy atom. The molecule has 0 radical (unpaired) electrons. The Morgan fingerprint density at radius 2 is 1.71 bits per heavy atom. The number of carbonyl (C=O) groups excluding carboxylic acids is 1. The molecule has 2 aromatic rings. The van der Waals surface area contributed by atoms with Gasteiger partial charge in [-0.05, 0) is 24.3 Å². The van der Waals surface area contributed by atoms with Crippen molar-refractivity contribution >= 4 is 17.3 Å². The summed E-state index contributed by atoms with van der Waals surface area (Å²) in [6.45, 7) is 0.698. The van der Waals surface area contributed by atoms with E-state index < -0.39 is 0 Å². The lowest BCUT2D eigenvalue weighted by Crippen LogP contribution is -2.20. The molecule has 0 heterocycles. The molecule has 1 amide bonds. The standard InChI is InChI=1S/C16H18N2O3/c17-14-8-4-5-9-15(14)18-16(19)12-20-10-11-21-13-6-2-1-3-7-13/h1-9H,10-12,17H2,(H,18,19). The fourth-order valence-electron chi connectivity index (χ4n) is 1.70. The van der Waals surface area contributed by atoms with Gasteiger partial charge in [0, 0.05) is 0 Å². The molecule has 0 aliphatic rings. The van der Waals surface area contributed by atoms with Gasteiger partial charge < -0.3 is 20.5 Å². The minimum Gasteiger partial charge on any atom is -0.491 e. The maximum absolute atomic E-state index is 11.7. The van der Waals surface area contributed by atoms with Gasteiger partial charge in [0.15, 0.2) is 0 Å². The highest BCUT2D eigenvalue weighted by Gasteiger charge is 2.04. The molecule has 110 valence electrons. The molecule has 3 N–H and O–H groups in total. The van der Waals surface area contributed by atoms with Crippen molar-refractivity contribution in [2.24, 2.45) is 0 Å². The van der Waals surface area contributed by atoms with Crippen LogP contribution in [0.5, 0.6) is 5.75 Å². The first-order valence-corrected chi connectivity index (χ1v) is 6.65. The summed E-state index contributed by atoms with van der Waals surface area (Å²) >= 11 is 0. The van der Waals surface area contributed by atoms with Gasteiger partial charge >= 0.3 is 0 Å². The summed E-state index contributed by atoms with van der Waals surface area (Å²) in [5.41, 5.74) is 6.85. The number of hydrogen-bond acceptors (Lipinski definition) is 4. The van der Waals surface area contributed by atoms with E-state index in [-0.39, 0.29) is 12.5 Å². The van der Waals surface area contributed by atoms with E-state index >= 15 is 0 Å². The monoisotopic (exact) mass is 286 g/mol. The molecular formula is C16H18N2O3. The maximum Gasteiger partial charge on any atom is 0.250 e. The largest absolute Gasteiger partial charge is 0.491 e. The molecule has 5 nitrogen and oxygen atoms in total. The predicted octanol–water partition coefficient (Wildman–Crippen LogP) is 2.30. The average Bonchev–Trinajstić information content (AvgIpc) is 2.50. The summed E-state index contributed by atoms with van der Waals surface area (Å²) in [7, 11) is 0. The highest BCUT2D eigenvalue weighted by atomic mass is 16.5. The second-order valence-corrected chi connectivity index (χ2v) is 4.35. The number of benzene rings is 2. The topological polar surface area (TPSA) is 73.6 Å². The fraction of sp³-hybridized carbons (Fsp3) is 0.188. The molecule has 0 spiro atoms. The Hall–Kier alpha value is -2.53. The minimum atomic E-state index is -0.243. The quantitative estimate of drug-likeness (QED) is 0.605. The Labute approximate surface area is 123 Å². The minimum absolute atomic E-state index is 0.0352. The molecule has 2 rings (SSSR count). The third kappa shape index (κ3) is 5.16. The van der Waals surface area contributed by atoms with Gasteiger partial charge in [-0.2, -0.15) is 0 Å². The van der Waals surface area contributed by atoms with E-state index in [4.69, 9.17) is 15.2 Å². The van der Waals surface area contributed by atoms with Crippen molar-refractivity contribution < 1.29 is 14.3 Å². The zero-order valence-corrected chi connectivity index (χ0v) is 11.6. The molecular weight excluding hydrogens is 268 g/mol. The number of ether oxygens (including phenoxy) is 2. The number of nitrogens with two attached hydrogens (primary N) is 1. The smallest absolute Gasteiger partial charge is 0.250 e. The molecule has 0 atom stereocenters. The van der Waals surface area contributed by atoms with E-state index in [1.165, 1.54) is 0 Å². The van der Waals surface area contributed by atoms with Crippen LogP contribution >= 0.6 is 0 Å². The summed E-state index contributed by atoms with van der Waals surface area (Å²) < 4.78 is 10.7. The van der Waals surface area contributed by atoms with Crippen LogP contribution in [0.15, 0.2) is 54.6 Å². The van der Waals surface area contributed by atoms with Crippen LogP contribution < -0.4 is 15.8 Å². The van der Waals surface area contributed by atoms with E-state index in [1.807, 2.05) is 36.4 Å².